The second-order valence-electron chi connectivity index (χ2n) is 9.34. The van der Waals surface area contributed by atoms with Gasteiger partial charge in [0, 0.05) is 43.1 Å². The van der Waals surface area contributed by atoms with E-state index in [0.29, 0.717) is 23.1 Å². The SMILES string of the molecule is CC1CCN(C(=O)c2cc(NC(=O)c3cccc(F)c3)ccc2N2CCC(C)CC2)CC1. The van der Waals surface area contributed by atoms with Crippen LogP contribution in [0, 0.1) is 17.7 Å². The van der Waals surface area contributed by atoms with E-state index in [-0.39, 0.29) is 11.5 Å². The number of carbonyl (C=O) groups is 2. The fraction of sp³-hybridized carbons (Fsp3) is 0.462. The molecule has 0 saturated carbocycles. The van der Waals surface area contributed by atoms with Crippen molar-refractivity contribution in [1.29, 1.82) is 0 Å². The molecule has 170 valence electrons. The zero-order valence-electron chi connectivity index (χ0n) is 18.9. The highest BCUT2D eigenvalue weighted by Crippen LogP contribution is 2.31. The molecule has 1 N–H and O–H groups in total. The van der Waals surface area contributed by atoms with Crippen molar-refractivity contribution in [2.24, 2.45) is 11.8 Å². The summed E-state index contributed by atoms with van der Waals surface area (Å²) in [7, 11) is 0. The third kappa shape index (κ3) is 5.12. The molecule has 0 aromatic heterocycles. The van der Waals surface area contributed by atoms with E-state index in [1.54, 1.807) is 12.1 Å². The van der Waals surface area contributed by atoms with Crippen LogP contribution in [0.1, 0.15) is 60.2 Å². The molecule has 2 aromatic rings. The third-order valence-corrected chi connectivity index (χ3v) is 6.77. The molecule has 32 heavy (non-hydrogen) atoms. The van der Waals surface area contributed by atoms with Crippen LogP contribution in [0.3, 0.4) is 0 Å². The maximum absolute atomic E-state index is 13.5. The van der Waals surface area contributed by atoms with Crippen molar-refractivity contribution in [2.75, 3.05) is 36.4 Å². The number of hydrogen-bond donors (Lipinski definition) is 1. The first kappa shape index (κ1) is 22.3. The number of piperidine rings is 2. The molecule has 2 aromatic carbocycles. The Bertz CT molecular complexity index is 977. The fourth-order valence-electron chi connectivity index (χ4n) is 4.53. The lowest BCUT2D eigenvalue weighted by molar-refractivity contribution is 0.0697. The second-order valence-corrected chi connectivity index (χ2v) is 9.34. The molecule has 0 spiro atoms. The molecule has 0 unspecified atom stereocenters. The molecule has 2 aliphatic rings. The number of carbonyl (C=O) groups excluding carboxylic acids is 2. The number of hydrogen-bond acceptors (Lipinski definition) is 3. The van der Waals surface area contributed by atoms with Gasteiger partial charge in [0.05, 0.1) is 5.56 Å². The van der Waals surface area contributed by atoms with Gasteiger partial charge in [-0.15, -0.1) is 0 Å². The fourth-order valence-corrected chi connectivity index (χ4v) is 4.53. The van der Waals surface area contributed by atoms with Gasteiger partial charge in [-0.05, 0) is 73.9 Å². The van der Waals surface area contributed by atoms with Crippen LogP contribution in [-0.2, 0) is 0 Å². The topological polar surface area (TPSA) is 52.7 Å². The number of nitrogens with zero attached hydrogens (tertiary/aromatic N) is 2. The van der Waals surface area contributed by atoms with Gasteiger partial charge in [-0.1, -0.05) is 19.9 Å². The summed E-state index contributed by atoms with van der Waals surface area (Å²) >= 11 is 0. The van der Waals surface area contributed by atoms with E-state index in [0.717, 1.165) is 57.5 Å². The maximum Gasteiger partial charge on any atom is 0.256 e. The average molecular weight is 438 g/mol. The summed E-state index contributed by atoms with van der Waals surface area (Å²) in [5.41, 5.74) is 2.36. The quantitative estimate of drug-likeness (QED) is 0.717. The van der Waals surface area contributed by atoms with Crippen LogP contribution >= 0.6 is 0 Å². The van der Waals surface area contributed by atoms with E-state index in [4.69, 9.17) is 0 Å². The Morgan fingerprint density at radius 1 is 0.906 bits per heavy atom. The van der Waals surface area contributed by atoms with E-state index >= 15 is 0 Å². The minimum Gasteiger partial charge on any atom is -0.371 e. The number of nitrogens with one attached hydrogen (secondary N) is 1. The molecule has 0 atom stereocenters. The van der Waals surface area contributed by atoms with Crippen molar-refractivity contribution in [1.82, 2.24) is 4.90 Å². The van der Waals surface area contributed by atoms with Gasteiger partial charge in [-0.3, -0.25) is 9.59 Å². The summed E-state index contributed by atoms with van der Waals surface area (Å²) in [6.07, 6.45) is 4.23. The van der Waals surface area contributed by atoms with Crippen LogP contribution in [0.5, 0.6) is 0 Å². The lowest BCUT2D eigenvalue weighted by atomic mass is 9.96. The van der Waals surface area contributed by atoms with Crippen molar-refractivity contribution < 1.29 is 14.0 Å². The molecule has 5 nitrogen and oxygen atoms in total. The lowest BCUT2D eigenvalue weighted by Gasteiger charge is -2.35. The molecule has 2 fully saturated rings. The minimum absolute atomic E-state index is 0.0207. The minimum atomic E-state index is -0.456. The average Bonchev–Trinajstić information content (AvgIpc) is 2.80. The van der Waals surface area contributed by atoms with Crippen molar-refractivity contribution in [2.45, 2.75) is 39.5 Å². The Balaban J connectivity index is 1.61. The Hall–Kier alpha value is -2.89. The van der Waals surface area contributed by atoms with Crippen LogP contribution < -0.4 is 10.2 Å². The van der Waals surface area contributed by atoms with Gasteiger partial charge in [0.25, 0.3) is 11.8 Å². The molecule has 0 bridgehead atoms. The highest BCUT2D eigenvalue weighted by molar-refractivity contribution is 6.06. The largest absolute Gasteiger partial charge is 0.371 e. The van der Waals surface area contributed by atoms with Gasteiger partial charge < -0.3 is 15.1 Å². The molecule has 0 aliphatic carbocycles. The van der Waals surface area contributed by atoms with Crippen molar-refractivity contribution in [3.63, 3.8) is 0 Å². The molecule has 0 radical (unpaired) electrons. The summed E-state index contributed by atoms with van der Waals surface area (Å²) < 4.78 is 13.5. The Morgan fingerprint density at radius 3 is 2.22 bits per heavy atom. The number of likely N-dealkylation sites (tertiary alicyclic amines) is 1. The summed E-state index contributed by atoms with van der Waals surface area (Å²) in [6, 6.07) is 11.2. The standard InChI is InChI=1S/C26H32FN3O2/c1-18-8-12-29(13-9-18)24-7-6-22(28-25(31)20-4-3-5-21(27)16-20)17-23(24)26(32)30-14-10-19(2)11-15-30/h3-7,16-19H,8-15H2,1-2H3,(H,28,31). The molecule has 2 saturated heterocycles. The Morgan fingerprint density at radius 2 is 1.56 bits per heavy atom. The Kier molecular flexibility index (Phi) is 6.77. The summed E-state index contributed by atoms with van der Waals surface area (Å²) in [5, 5.41) is 2.83. The number of halogens is 1. The van der Waals surface area contributed by atoms with E-state index < -0.39 is 11.7 Å². The predicted molar refractivity (Wildman–Crippen MR) is 126 cm³/mol. The zero-order valence-corrected chi connectivity index (χ0v) is 18.9. The number of amides is 2. The third-order valence-electron chi connectivity index (χ3n) is 6.77. The normalized spacial score (nSPS) is 18.0. The second kappa shape index (κ2) is 9.72. The van der Waals surface area contributed by atoms with E-state index in [1.807, 2.05) is 17.0 Å². The van der Waals surface area contributed by atoms with E-state index in [2.05, 4.69) is 24.1 Å². The number of anilines is 2. The molecule has 2 heterocycles. The van der Waals surface area contributed by atoms with Gasteiger partial charge in [-0.25, -0.2) is 4.39 Å². The van der Waals surface area contributed by atoms with Crippen LogP contribution in [0.2, 0.25) is 0 Å². The van der Waals surface area contributed by atoms with Crippen LogP contribution in [0.4, 0.5) is 15.8 Å². The van der Waals surface area contributed by atoms with Crippen molar-refractivity contribution in [3.8, 4) is 0 Å². The number of rotatable bonds is 4. The smallest absolute Gasteiger partial charge is 0.256 e. The van der Waals surface area contributed by atoms with Crippen LogP contribution in [0.25, 0.3) is 0 Å². The van der Waals surface area contributed by atoms with Crippen molar-refractivity contribution in [3.05, 3.63) is 59.4 Å². The summed E-state index contributed by atoms with van der Waals surface area (Å²) in [5.74, 6) is 0.502. The number of benzene rings is 2. The van der Waals surface area contributed by atoms with Crippen LogP contribution in [-0.4, -0.2) is 42.9 Å². The first-order chi connectivity index (χ1) is 15.4. The highest BCUT2D eigenvalue weighted by Gasteiger charge is 2.27. The lowest BCUT2D eigenvalue weighted by Crippen LogP contribution is -2.40. The van der Waals surface area contributed by atoms with Gasteiger partial charge in [0.2, 0.25) is 0 Å². The van der Waals surface area contributed by atoms with Gasteiger partial charge in [-0.2, -0.15) is 0 Å². The molecule has 2 amide bonds. The first-order valence-electron chi connectivity index (χ1n) is 11.7. The van der Waals surface area contributed by atoms with E-state index in [1.165, 1.54) is 18.2 Å². The van der Waals surface area contributed by atoms with Gasteiger partial charge in [0.1, 0.15) is 5.82 Å². The first-order valence-corrected chi connectivity index (χ1v) is 11.7. The summed E-state index contributed by atoms with van der Waals surface area (Å²) in [6.45, 7) is 7.86. The van der Waals surface area contributed by atoms with E-state index in [9.17, 15) is 14.0 Å². The molecular formula is C26H32FN3O2. The Labute approximate surface area is 189 Å². The van der Waals surface area contributed by atoms with Gasteiger partial charge in [0.15, 0.2) is 0 Å². The highest BCUT2D eigenvalue weighted by atomic mass is 19.1. The predicted octanol–water partition coefficient (Wildman–Crippen LogP) is 5.19. The molecule has 6 heteroatoms. The zero-order chi connectivity index (χ0) is 22.7. The van der Waals surface area contributed by atoms with Crippen LogP contribution in [0.15, 0.2) is 42.5 Å². The summed E-state index contributed by atoms with van der Waals surface area (Å²) in [4.78, 5) is 30.4. The van der Waals surface area contributed by atoms with Gasteiger partial charge >= 0.3 is 0 Å². The monoisotopic (exact) mass is 437 g/mol. The molecular weight excluding hydrogens is 405 g/mol. The maximum atomic E-state index is 13.5. The van der Waals surface area contributed by atoms with Crippen molar-refractivity contribution >= 4 is 23.2 Å². The molecule has 2 aliphatic heterocycles. The molecule has 4 rings (SSSR count).